The Balaban J connectivity index is 3.92. The largest absolute Gasteiger partial charge is 0.462 e. The van der Waals surface area contributed by atoms with Gasteiger partial charge < -0.3 is 14.2 Å². The normalized spacial score (nSPS) is 12.6. The van der Waals surface area contributed by atoms with Crippen molar-refractivity contribution in [2.45, 2.75) is 297 Å². The maximum Gasteiger partial charge on any atom is 0.306 e. The number of ether oxygens (including phenoxy) is 3. The zero-order valence-electron chi connectivity index (χ0n) is 45.6. The summed E-state index contributed by atoms with van der Waals surface area (Å²) >= 11 is 0. The summed E-state index contributed by atoms with van der Waals surface area (Å²) in [6.45, 7) is 6.38. The lowest BCUT2D eigenvalue weighted by Gasteiger charge is -2.18. The molecule has 0 aromatic carbocycles. The number of unbranched alkanes of at least 4 members (excludes halogenated alkanes) is 30. The number of esters is 3. The van der Waals surface area contributed by atoms with Crippen molar-refractivity contribution in [3.8, 4) is 0 Å². The van der Waals surface area contributed by atoms with Gasteiger partial charge in [0.15, 0.2) is 6.10 Å². The molecule has 1 atom stereocenters. The van der Waals surface area contributed by atoms with Crippen molar-refractivity contribution in [1.29, 1.82) is 0 Å². The van der Waals surface area contributed by atoms with Crippen LogP contribution in [0, 0.1) is 0 Å². The molecule has 0 amide bonds. The molecule has 398 valence electrons. The number of hydrogen-bond donors (Lipinski definition) is 0. The van der Waals surface area contributed by atoms with Crippen molar-refractivity contribution in [3.63, 3.8) is 0 Å². The van der Waals surface area contributed by atoms with Crippen molar-refractivity contribution < 1.29 is 28.6 Å². The molecule has 0 aromatic heterocycles. The Kier molecular flexibility index (Phi) is 54.8. The van der Waals surface area contributed by atoms with E-state index in [0.29, 0.717) is 19.3 Å². The molecule has 69 heavy (non-hydrogen) atoms. The molecule has 0 bridgehead atoms. The molecule has 0 saturated heterocycles. The van der Waals surface area contributed by atoms with Crippen LogP contribution in [0.2, 0.25) is 0 Å². The highest BCUT2D eigenvalue weighted by molar-refractivity contribution is 5.71. The van der Waals surface area contributed by atoms with Gasteiger partial charge in [-0.25, -0.2) is 0 Å². The Bertz CT molecular complexity index is 1290. The topological polar surface area (TPSA) is 78.9 Å². The van der Waals surface area contributed by atoms with E-state index in [0.717, 1.165) is 83.5 Å². The average Bonchev–Trinajstić information content (AvgIpc) is 3.35. The molecular weight excluding hydrogens is 853 g/mol. The molecule has 0 heterocycles. The molecule has 0 aliphatic heterocycles. The summed E-state index contributed by atoms with van der Waals surface area (Å²) < 4.78 is 16.6. The molecular formula is C63H110O6. The summed E-state index contributed by atoms with van der Waals surface area (Å²) in [6, 6.07) is 0. The lowest BCUT2D eigenvalue weighted by atomic mass is 10.0. The van der Waals surface area contributed by atoms with E-state index in [4.69, 9.17) is 14.2 Å². The molecule has 1 unspecified atom stereocenters. The molecule has 0 saturated carbocycles. The van der Waals surface area contributed by atoms with Crippen LogP contribution in [0.3, 0.4) is 0 Å². The van der Waals surface area contributed by atoms with Gasteiger partial charge in [0.1, 0.15) is 13.2 Å². The summed E-state index contributed by atoms with van der Waals surface area (Å²) in [5.41, 5.74) is 0. The van der Waals surface area contributed by atoms with Gasteiger partial charge in [0, 0.05) is 19.3 Å². The summed E-state index contributed by atoms with van der Waals surface area (Å²) in [6.07, 6.45) is 74.2. The molecule has 0 aliphatic rings. The third kappa shape index (κ3) is 55.6. The third-order valence-electron chi connectivity index (χ3n) is 12.7. The van der Waals surface area contributed by atoms with Crippen LogP contribution >= 0.6 is 0 Å². The van der Waals surface area contributed by atoms with Crippen molar-refractivity contribution in [1.82, 2.24) is 0 Å². The van der Waals surface area contributed by atoms with E-state index in [1.54, 1.807) is 0 Å². The number of carbonyl (C=O) groups excluding carboxylic acids is 3. The van der Waals surface area contributed by atoms with Crippen LogP contribution in [-0.2, 0) is 28.6 Å². The number of allylic oxidation sites excluding steroid dienone is 12. The van der Waals surface area contributed by atoms with Crippen molar-refractivity contribution in [2.24, 2.45) is 0 Å². The predicted molar refractivity (Wildman–Crippen MR) is 298 cm³/mol. The molecule has 0 spiro atoms. The zero-order chi connectivity index (χ0) is 50.0. The Morgan fingerprint density at radius 3 is 0.942 bits per heavy atom. The minimum atomic E-state index is -0.807. The van der Waals surface area contributed by atoms with Crippen LogP contribution in [0.25, 0.3) is 0 Å². The summed E-state index contributed by atoms with van der Waals surface area (Å²) in [4.78, 5) is 37.6. The number of rotatable bonds is 53. The minimum absolute atomic E-state index is 0.102. The maximum absolute atomic E-state index is 12.7. The highest BCUT2D eigenvalue weighted by Gasteiger charge is 2.19. The molecule has 0 aromatic rings. The summed E-state index contributed by atoms with van der Waals surface area (Å²) in [7, 11) is 0. The fourth-order valence-corrected chi connectivity index (χ4v) is 8.31. The Labute approximate surface area is 427 Å². The first-order chi connectivity index (χ1) is 34.0. The summed E-state index contributed by atoms with van der Waals surface area (Å²) in [5, 5.41) is 0. The maximum atomic E-state index is 12.7. The monoisotopic (exact) mass is 963 g/mol. The predicted octanol–water partition coefficient (Wildman–Crippen LogP) is 19.8. The van der Waals surface area contributed by atoms with Gasteiger partial charge in [0.25, 0.3) is 0 Å². The standard InChI is InChI=1S/C63H110O6/c1-4-7-10-13-15-17-19-21-22-23-24-25-26-27-28-29-30-31-32-33-34-35-36-37-38-39-40-42-43-45-47-50-53-56-62(65)68-59-60(58-67-61(64)55-52-49-12-9-6-3)69-63(66)57-54-51-48-46-44-41-20-18-16-14-11-8-5-2/h8,11,16,18-19,21,23-24,41,44,48,51,60H,4-7,9-10,12-15,17,20,22,25-40,42-43,45-47,49-50,52-59H2,1-3H3/b11-8-,18-16-,21-19-,24-23-,44-41-,51-48-. The first-order valence-corrected chi connectivity index (χ1v) is 29.4. The first kappa shape index (κ1) is 65.8. The fourth-order valence-electron chi connectivity index (χ4n) is 8.31. The van der Waals surface area contributed by atoms with E-state index < -0.39 is 12.1 Å². The smallest absolute Gasteiger partial charge is 0.306 e. The molecule has 0 N–H and O–H groups in total. The Morgan fingerprint density at radius 1 is 0.304 bits per heavy atom. The second kappa shape index (κ2) is 57.4. The van der Waals surface area contributed by atoms with Crippen LogP contribution in [0.5, 0.6) is 0 Å². The summed E-state index contributed by atoms with van der Waals surface area (Å²) in [5.74, 6) is -0.993. The number of hydrogen-bond acceptors (Lipinski definition) is 6. The van der Waals surface area contributed by atoms with Crippen LogP contribution in [-0.4, -0.2) is 37.2 Å². The molecule has 0 aliphatic carbocycles. The highest BCUT2D eigenvalue weighted by Crippen LogP contribution is 2.16. The molecule has 6 nitrogen and oxygen atoms in total. The molecule has 0 fully saturated rings. The quantitative estimate of drug-likeness (QED) is 0.0262. The van der Waals surface area contributed by atoms with Gasteiger partial charge in [0.2, 0.25) is 0 Å². The van der Waals surface area contributed by atoms with Crippen LogP contribution < -0.4 is 0 Å². The van der Waals surface area contributed by atoms with Crippen LogP contribution in [0.1, 0.15) is 290 Å². The van der Waals surface area contributed by atoms with Crippen molar-refractivity contribution in [3.05, 3.63) is 72.9 Å². The van der Waals surface area contributed by atoms with E-state index in [1.165, 1.54) is 161 Å². The minimum Gasteiger partial charge on any atom is -0.462 e. The van der Waals surface area contributed by atoms with Gasteiger partial charge in [-0.05, 0) is 77.0 Å². The van der Waals surface area contributed by atoms with Gasteiger partial charge in [-0.15, -0.1) is 0 Å². The van der Waals surface area contributed by atoms with Crippen molar-refractivity contribution in [2.75, 3.05) is 13.2 Å². The van der Waals surface area contributed by atoms with Crippen LogP contribution in [0.4, 0.5) is 0 Å². The Morgan fingerprint density at radius 2 is 0.594 bits per heavy atom. The molecule has 0 rings (SSSR count). The van der Waals surface area contributed by atoms with Gasteiger partial charge in [0.05, 0.1) is 0 Å². The first-order valence-electron chi connectivity index (χ1n) is 29.4. The molecule has 6 heteroatoms. The van der Waals surface area contributed by atoms with Crippen LogP contribution in [0.15, 0.2) is 72.9 Å². The number of carbonyl (C=O) groups is 3. The van der Waals surface area contributed by atoms with Gasteiger partial charge in [-0.2, -0.15) is 0 Å². The second-order valence-corrected chi connectivity index (χ2v) is 19.5. The fraction of sp³-hybridized carbons (Fsp3) is 0.762. The van der Waals surface area contributed by atoms with Gasteiger partial charge in [-0.1, -0.05) is 267 Å². The zero-order valence-corrected chi connectivity index (χ0v) is 45.6. The van der Waals surface area contributed by atoms with E-state index in [2.05, 4.69) is 81.5 Å². The van der Waals surface area contributed by atoms with E-state index >= 15 is 0 Å². The Hall–Kier alpha value is -3.15. The second-order valence-electron chi connectivity index (χ2n) is 19.5. The average molecular weight is 964 g/mol. The van der Waals surface area contributed by atoms with E-state index in [-0.39, 0.29) is 31.6 Å². The van der Waals surface area contributed by atoms with Crippen molar-refractivity contribution >= 4 is 17.9 Å². The SMILES string of the molecule is CC/C=C\C/C=C\C/C=C\C/C=C\CCC(=O)OC(COC(=O)CCCCCCC)COC(=O)CCCCCCCCCCCCCCCCCCCCCCC/C=C\C/C=C\CCCCCCC. The third-order valence-corrected chi connectivity index (χ3v) is 12.7. The highest BCUT2D eigenvalue weighted by atomic mass is 16.6. The van der Waals surface area contributed by atoms with Gasteiger partial charge >= 0.3 is 17.9 Å². The van der Waals surface area contributed by atoms with E-state index in [1.807, 2.05) is 12.2 Å². The van der Waals surface area contributed by atoms with E-state index in [9.17, 15) is 14.4 Å². The lowest BCUT2D eigenvalue weighted by molar-refractivity contribution is -0.166. The van der Waals surface area contributed by atoms with Gasteiger partial charge in [-0.3, -0.25) is 14.4 Å². The molecule has 0 radical (unpaired) electrons. The lowest BCUT2D eigenvalue weighted by Crippen LogP contribution is -2.30.